The summed E-state index contributed by atoms with van der Waals surface area (Å²) in [7, 11) is 0. The minimum atomic E-state index is -0.990. The minimum absolute atomic E-state index is 0.0379. The summed E-state index contributed by atoms with van der Waals surface area (Å²) in [6, 6.07) is 5.46. The number of carbonyl (C=O) groups excluding carboxylic acids is 1. The number of aromatic nitrogens is 1. The molecule has 1 unspecified atom stereocenters. The molecule has 3 rings (SSSR count). The number of carboxylic acid groups (broad SMARTS) is 1. The molecule has 2 aromatic rings. The van der Waals surface area contributed by atoms with Crippen LogP contribution in [0.1, 0.15) is 36.0 Å². The van der Waals surface area contributed by atoms with E-state index in [1.807, 2.05) is 5.38 Å². The van der Waals surface area contributed by atoms with Gasteiger partial charge in [-0.1, -0.05) is 12.1 Å². The van der Waals surface area contributed by atoms with Crippen LogP contribution >= 0.6 is 11.3 Å². The highest BCUT2D eigenvalue weighted by molar-refractivity contribution is 7.09. The van der Waals surface area contributed by atoms with Gasteiger partial charge in [-0.15, -0.1) is 11.3 Å². The van der Waals surface area contributed by atoms with Crippen molar-refractivity contribution in [1.29, 1.82) is 0 Å². The second-order valence-corrected chi connectivity index (χ2v) is 7.20. The molecule has 1 fully saturated rings. The number of halogens is 1. The van der Waals surface area contributed by atoms with E-state index in [9.17, 15) is 19.1 Å². The van der Waals surface area contributed by atoms with E-state index in [1.165, 1.54) is 28.4 Å². The summed E-state index contributed by atoms with van der Waals surface area (Å²) in [5.41, 5.74) is 1.60. The third-order valence-electron chi connectivity index (χ3n) is 4.20. The van der Waals surface area contributed by atoms with E-state index in [0.717, 1.165) is 23.4 Å². The fourth-order valence-electron chi connectivity index (χ4n) is 2.74. The number of hydrogen-bond donors (Lipinski definition) is 1. The highest BCUT2D eigenvalue weighted by Crippen LogP contribution is 2.29. The molecule has 0 aliphatic heterocycles. The predicted octanol–water partition coefficient (Wildman–Crippen LogP) is 2.88. The van der Waals surface area contributed by atoms with Crippen LogP contribution in [0.3, 0.4) is 0 Å². The number of carbonyl (C=O) groups is 2. The number of thiazole rings is 1. The summed E-state index contributed by atoms with van der Waals surface area (Å²) in [5.74, 6) is -1.46. The smallest absolute Gasteiger partial charge is 0.326 e. The minimum Gasteiger partial charge on any atom is -0.480 e. The van der Waals surface area contributed by atoms with Crippen molar-refractivity contribution in [2.24, 2.45) is 0 Å². The van der Waals surface area contributed by atoms with Crippen LogP contribution in [-0.2, 0) is 22.4 Å². The molecular formula is C18H19FN2O3S. The monoisotopic (exact) mass is 362 g/mol. The summed E-state index contributed by atoms with van der Waals surface area (Å²) in [4.78, 5) is 29.7. The maximum Gasteiger partial charge on any atom is 0.326 e. The topological polar surface area (TPSA) is 70.5 Å². The molecule has 1 heterocycles. The van der Waals surface area contributed by atoms with Crippen LogP contribution in [0.4, 0.5) is 4.39 Å². The molecule has 25 heavy (non-hydrogen) atoms. The second kappa shape index (κ2) is 7.31. The Morgan fingerprint density at radius 3 is 2.64 bits per heavy atom. The Balaban J connectivity index is 1.64. The van der Waals surface area contributed by atoms with E-state index in [-0.39, 0.29) is 24.2 Å². The zero-order chi connectivity index (χ0) is 18.0. The van der Waals surface area contributed by atoms with Crippen LogP contribution in [0, 0.1) is 5.82 Å². The molecular weight excluding hydrogens is 343 g/mol. The second-order valence-electron chi connectivity index (χ2n) is 6.26. The van der Waals surface area contributed by atoms with Gasteiger partial charge in [0.05, 0.1) is 17.1 Å². The zero-order valence-electron chi connectivity index (χ0n) is 13.8. The highest BCUT2D eigenvalue weighted by atomic mass is 32.1. The van der Waals surface area contributed by atoms with Crippen molar-refractivity contribution in [1.82, 2.24) is 9.88 Å². The molecule has 0 spiro atoms. The van der Waals surface area contributed by atoms with E-state index in [2.05, 4.69) is 4.98 Å². The maximum atomic E-state index is 12.9. The van der Waals surface area contributed by atoms with E-state index >= 15 is 0 Å². The van der Waals surface area contributed by atoms with Gasteiger partial charge >= 0.3 is 5.97 Å². The number of carboxylic acids is 1. The first-order valence-corrected chi connectivity index (χ1v) is 9.03. The Morgan fingerprint density at radius 1 is 1.36 bits per heavy atom. The quantitative estimate of drug-likeness (QED) is 0.822. The SMILES string of the molecule is CC(C(=O)O)N(C(=O)Cc1csc(Cc2ccc(F)cc2)n1)C1CC1. The first-order chi connectivity index (χ1) is 11.9. The lowest BCUT2D eigenvalue weighted by molar-refractivity contribution is -0.149. The lowest BCUT2D eigenvalue weighted by Gasteiger charge is -2.26. The molecule has 5 nitrogen and oxygen atoms in total. The molecule has 0 radical (unpaired) electrons. The normalized spacial score (nSPS) is 15.0. The van der Waals surface area contributed by atoms with Crippen molar-refractivity contribution in [3.05, 3.63) is 51.7 Å². The Bertz CT molecular complexity index is 771. The van der Waals surface area contributed by atoms with E-state index < -0.39 is 12.0 Å². The summed E-state index contributed by atoms with van der Waals surface area (Å²) in [6.45, 7) is 1.54. The third-order valence-corrected chi connectivity index (χ3v) is 5.10. The van der Waals surface area contributed by atoms with Gasteiger partial charge < -0.3 is 10.0 Å². The average molecular weight is 362 g/mol. The summed E-state index contributed by atoms with van der Waals surface area (Å²) >= 11 is 1.45. The van der Waals surface area contributed by atoms with Crippen molar-refractivity contribution in [3.8, 4) is 0 Å². The van der Waals surface area contributed by atoms with Gasteiger partial charge in [0, 0.05) is 17.8 Å². The average Bonchev–Trinajstić information content (AvgIpc) is 3.30. The van der Waals surface area contributed by atoms with Crippen LogP contribution in [0.5, 0.6) is 0 Å². The Kier molecular flexibility index (Phi) is 5.13. The van der Waals surface area contributed by atoms with Crippen LogP contribution in [0.15, 0.2) is 29.6 Å². The van der Waals surface area contributed by atoms with Crippen molar-refractivity contribution in [2.75, 3.05) is 0 Å². The molecule has 1 amide bonds. The molecule has 7 heteroatoms. The molecule has 1 saturated carbocycles. The molecule has 1 atom stereocenters. The van der Waals surface area contributed by atoms with Gasteiger partial charge in [0.15, 0.2) is 0 Å². The Morgan fingerprint density at radius 2 is 2.04 bits per heavy atom. The summed E-state index contributed by atoms with van der Waals surface area (Å²) in [6.07, 6.45) is 2.40. The fourth-order valence-corrected chi connectivity index (χ4v) is 3.57. The first kappa shape index (κ1) is 17.5. The lowest BCUT2D eigenvalue weighted by atomic mass is 10.1. The first-order valence-electron chi connectivity index (χ1n) is 8.15. The molecule has 132 valence electrons. The predicted molar refractivity (Wildman–Crippen MR) is 92.0 cm³/mol. The molecule has 0 saturated heterocycles. The molecule has 1 N–H and O–H groups in total. The molecule has 1 aromatic heterocycles. The third kappa shape index (κ3) is 4.42. The molecule has 1 aromatic carbocycles. The van der Waals surface area contributed by atoms with Crippen molar-refractivity contribution in [2.45, 2.75) is 44.7 Å². The highest BCUT2D eigenvalue weighted by Gasteiger charge is 2.38. The van der Waals surface area contributed by atoms with Gasteiger partial charge in [-0.05, 0) is 37.5 Å². The molecule has 1 aliphatic carbocycles. The lowest BCUT2D eigenvalue weighted by Crippen LogP contribution is -2.45. The maximum absolute atomic E-state index is 12.9. The van der Waals surface area contributed by atoms with Gasteiger partial charge in [-0.2, -0.15) is 0 Å². The standard InChI is InChI=1S/C18H19FN2O3S/c1-11(18(23)24)21(15-6-7-15)17(22)9-14-10-25-16(20-14)8-12-2-4-13(19)5-3-12/h2-5,10-11,15H,6-9H2,1H3,(H,23,24). The Hall–Kier alpha value is -2.28. The van der Waals surface area contributed by atoms with Crippen molar-refractivity contribution >= 4 is 23.2 Å². The number of hydrogen-bond acceptors (Lipinski definition) is 4. The van der Waals surface area contributed by atoms with Crippen LogP contribution in [0.2, 0.25) is 0 Å². The molecule has 1 aliphatic rings. The van der Waals surface area contributed by atoms with Gasteiger partial charge in [-0.25, -0.2) is 14.2 Å². The van der Waals surface area contributed by atoms with Crippen LogP contribution < -0.4 is 0 Å². The van der Waals surface area contributed by atoms with Gasteiger partial charge in [0.1, 0.15) is 11.9 Å². The summed E-state index contributed by atoms with van der Waals surface area (Å²) in [5, 5.41) is 11.9. The largest absolute Gasteiger partial charge is 0.480 e. The van der Waals surface area contributed by atoms with E-state index in [0.29, 0.717) is 12.1 Å². The van der Waals surface area contributed by atoms with E-state index in [1.54, 1.807) is 19.1 Å². The summed E-state index contributed by atoms with van der Waals surface area (Å²) < 4.78 is 12.9. The number of benzene rings is 1. The van der Waals surface area contributed by atoms with Gasteiger partial charge in [-0.3, -0.25) is 4.79 Å². The number of nitrogens with zero attached hydrogens (tertiary/aromatic N) is 2. The van der Waals surface area contributed by atoms with Crippen molar-refractivity contribution in [3.63, 3.8) is 0 Å². The van der Waals surface area contributed by atoms with Crippen LogP contribution in [0.25, 0.3) is 0 Å². The van der Waals surface area contributed by atoms with Crippen LogP contribution in [-0.4, -0.2) is 39.0 Å². The molecule has 0 bridgehead atoms. The van der Waals surface area contributed by atoms with Gasteiger partial charge in [0.25, 0.3) is 0 Å². The van der Waals surface area contributed by atoms with Crippen molar-refractivity contribution < 1.29 is 19.1 Å². The van der Waals surface area contributed by atoms with E-state index in [4.69, 9.17) is 0 Å². The number of amides is 1. The van der Waals surface area contributed by atoms with Gasteiger partial charge in [0.2, 0.25) is 5.91 Å². The fraction of sp³-hybridized carbons (Fsp3) is 0.389. The Labute approximate surface area is 149 Å². The number of aliphatic carboxylic acids is 1. The zero-order valence-corrected chi connectivity index (χ0v) is 14.6. The number of rotatable bonds is 7.